The number of nitroso groups, excluding NO2 is 1. The molecule has 3 unspecified atom stereocenters. The lowest BCUT2D eigenvalue weighted by molar-refractivity contribution is -0.384. The normalized spacial score (nSPS) is 17.2. The molecule has 0 aliphatic carbocycles. The minimum Gasteiger partial charge on any atom is -0.343 e. The second-order valence-electron chi connectivity index (χ2n) is 3.21. The van der Waals surface area contributed by atoms with Crippen molar-refractivity contribution in [1.82, 2.24) is 0 Å². The summed E-state index contributed by atoms with van der Waals surface area (Å²) in [6.07, 6.45) is 0. The van der Waals surface area contributed by atoms with Crippen LogP contribution in [0, 0.1) is 15.0 Å². The molecule has 0 fully saturated rings. The Balaban J connectivity index is 3.32. The Kier molecular flexibility index (Phi) is 5.04. The SMILES string of the molecule is O=NC(O[PH](=O)O)(c1ccc([N+](=O)[O-])cc1)[PH](=O)O. The molecule has 1 rings (SSSR count). The highest BCUT2D eigenvalue weighted by atomic mass is 31.1. The van der Waals surface area contributed by atoms with Crippen LogP contribution in [0.2, 0.25) is 0 Å². The second-order valence-corrected chi connectivity index (χ2v) is 5.24. The minimum atomic E-state index is -3.82. The summed E-state index contributed by atoms with van der Waals surface area (Å²) in [5, 5.41) is 12.8. The Morgan fingerprint density at radius 1 is 1.26 bits per heavy atom. The Bertz CT molecular complexity index is 547. The lowest BCUT2D eigenvalue weighted by Gasteiger charge is -2.21. The van der Waals surface area contributed by atoms with Gasteiger partial charge in [-0.05, 0) is 17.3 Å². The van der Waals surface area contributed by atoms with Crippen LogP contribution in [0.25, 0.3) is 0 Å². The molecule has 0 saturated heterocycles. The number of hydrogen-bond donors (Lipinski definition) is 2. The fourth-order valence-electron chi connectivity index (χ4n) is 1.27. The van der Waals surface area contributed by atoms with Crippen LogP contribution in [0.5, 0.6) is 0 Å². The molecule has 2 N–H and O–H groups in total. The molecule has 0 spiro atoms. The maximum Gasteiger partial charge on any atom is 0.319 e. The third-order valence-corrected chi connectivity index (χ3v) is 3.86. The predicted octanol–water partition coefficient (Wildman–Crippen LogP) is 1.34. The smallest absolute Gasteiger partial charge is 0.319 e. The largest absolute Gasteiger partial charge is 0.343 e. The first-order valence-corrected chi connectivity index (χ1v) is 7.20. The highest BCUT2D eigenvalue weighted by molar-refractivity contribution is 7.40. The van der Waals surface area contributed by atoms with E-state index in [1.54, 1.807) is 0 Å². The molecule has 0 heterocycles. The van der Waals surface area contributed by atoms with Crippen molar-refractivity contribution >= 4 is 22.0 Å². The molecule has 0 amide bonds. The van der Waals surface area contributed by atoms with Crippen LogP contribution in [-0.2, 0) is 19.1 Å². The van der Waals surface area contributed by atoms with Crippen molar-refractivity contribution in [3.8, 4) is 0 Å². The van der Waals surface area contributed by atoms with Gasteiger partial charge < -0.3 is 9.79 Å². The van der Waals surface area contributed by atoms with Gasteiger partial charge in [-0.25, -0.2) is 0 Å². The quantitative estimate of drug-likeness (QED) is 0.345. The van der Waals surface area contributed by atoms with Crippen molar-refractivity contribution in [1.29, 1.82) is 0 Å². The van der Waals surface area contributed by atoms with E-state index in [2.05, 4.69) is 9.70 Å². The maximum atomic E-state index is 11.2. The number of rotatable bonds is 6. The fourth-order valence-corrected chi connectivity index (χ4v) is 2.78. The third-order valence-electron chi connectivity index (χ3n) is 2.12. The molecular formula is C7H8N2O8P2. The molecule has 0 aromatic heterocycles. The monoisotopic (exact) mass is 310 g/mol. The van der Waals surface area contributed by atoms with Gasteiger partial charge >= 0.3 is 13.7 Å². The molecule has 12 heteroatoms. The van der Waals surface area contributed by atoms with E-state index < -0.39 is 26.7 Å². The molecule has 0 aliphatic rings. The zero-order valence-corrected chi connectivity index (χ0v) is 11.0. The predicted molar refractivity (Wildman–Crippen MR) is 64.1 cm³/mol. The van der Waals surface area contributed by atoms with Crippen LogP contribution in [0.4, 0.5) is 5.69 Å². The van der Waals surface area contributed by atoms with Gasteiger partial charge in [-0.1, -0.05) is 0 Å². The summed E-state index contributed by atoms with van der Waals surface area (Å²) in [6, 6.07) is 3.78. The summed E-state index contributed by atoms with van der Waals surface area (Å²) in [5.74, 6) is 0. The first-order chi connectivity index (χ1) is 8.83. The second kappa shape index (κ2) is 6.14. The van der Waals surface area contributed by atoms with Crippen molar-refractivity contribution in [2.24, 2.45) is 5.18 Å². The average Bonchev–Trinajstić information content (AvgIpc) is 2.35. The van der Waals surface area contributed by atoms with Crippen LogP contribution >= 0.6 is 16.3 Å². The Hall–Kier alpha value is -1.44. The lowest BCUT2D eigenvalue weighted by Crippen LogP contribution is -2.19. The molecule has 104 valence electrons. The van der Waals surface area contributed by atoms with Gasteiger partial charge in [0.1, 0.15) is 0 Å². The summed E-state index contributed by atoms with van der Waals surface area (Å²) in [6.45, 7) is 0. The standard InChI is InChI=1S/C7H8N2O8P2/c10-8-7(18(13)14,17-19(15)16)5-1-3-6(4-2-5)9(11)12/h1-4,18-19H,(H,13,14)(H,15,16). The van der Waals surface area contributed by atoms with Crippen LogP contribution in [-0.4, -0.2) is 14.7 Å². The molecule has 0 bridgehead atoms. The number of nitrogens with zero attached hydrogens (tertiary/aromatic N) is 2. The first kappa shape index (κ1) is 15.6. The van der Waals surface area contributed by atoms with Crippen molar-refractivity contribution < 1.29 is 28.4 Å². The Labute approximate surface area is 107 Å². The van der Waals surface area contributed by atoms with E-state index in [0.29, 0.717) is 0 Å². The Morgan fingerprint density at radius 2 is 1.79 bits per heavy atom. The van der Waals surface area contributed by atoms with Crippen molar-refractivity contribution in [3.05, 3.63) is 44.9 Å². The molecule has 0 aliphatic heterocycles. The molecule has 10 nitrogen and oxygen atoms in total. The van der Waals surface area contributed by atoms with E-state index in [1.165, 1.54) is 0 Å². The molecule has 3 atom stereocenters. The van der Waals surface area contributed by atoms with Crippen molar-refractivity contribution in [2.75, 3.05) is 0 Å². The minimum absolute atomic E-state index is 0.327. The van der Waals surface area contributed by atoms with E-state index in [4.69, 9.17) is 9.79 Å². The summed E-state index contributed by atoms with van der Waals surface area (Å²) >= 11 is 0. The number of benzene rings is 1. The number of non-ortho nitro benzene ring substituents is 1. The van der Waals surface area contributed by atoms with Gasteiger partial charge in [-0.15, -0.1) is 4.91 Å². The van der Waals surface area contributed by atoms with E-state index in [0.717, 1.165) is 24.3 Å². The average molecular weight is 310 g/mol. The highest BCUT2D eigenvalue weighted by Gasteiger charge is 2.43. The third kappa shape index (κ3) is 3.31. The van der Waals surface area contributed by atoms with Crippen LogP contribution in [0.3, 0.4) is 0 Å². The fraction of sp³-hybridized carbons (Fsp3) is 0.143. The van der Waals surface area contributed by atoms with Crippen molar-refractivity contribution in [2.45, 2.75) is 5.47 Å². The van der Waals surface area contributed by atoms with Gasteiger partial charge in [0.15, 0.2) is 0 Å². The van der Waals surface area contributed by atoms with Gasteiger partial charge in [0, 0.05) is 17.7 Å². The van der Waals surface area contributed by atoms with E-state index >= 15 is 0 Å². The molecule has 0 saturated carbocycles. The first-order valence-electron chi connectivity index (χ1n) is 4.58. The summed E-state index contributed by atoms with van der Waals surface area (Å²) in [7, 11) is -7.55. The van der Waals surface area contributed by atoms with Gasteiger partial charge in [-0.2, -0.15) is 0 Å². The number of nitro groups is 1. The lowest BCUT2D eigenvalue weighted by atomic mass is 10.2. The van der Waals surface area contributed by atoms with Gasteiger partial charge in [0.2, 0.25) is 0 Å². The van der Waals surface area contributed by atoms with Crippen LogP contribution < -0.4 is 0 Å². The zero-order chi connectivity index (χ0) is 14.6. The van der Waals surface area contributed by atoms with Gasteiger partial charge in [0.25, 0.3) is 13.7 Å². The molecule has 1 aromatic carbocycles. The topological polar surface area (TPSA) is 156 Å². The molecule has 0 radical (unpaired) electrons. The van der Waals surface area contributed by atoms with Gasteiger partial charge in [-0.3, -0.25) is 23.8 Å². The van der Waals surface area contributed by atoms with Crippen molar-refractivity contribution in [3.63, 3.8) is 0 Å². The molecular weight excluding hydrogens is 302 g/mol. The molecule has 19 heavy (non-hydrogen) atoms. The van der Waals surface area contributed by atoms with E-state index in [-0.39, 0.29) is 11.3 Å². The van der Waals surface area contributed by atoms with E-state index in [1.807, 2.05) is 0 Å². The van der Waals surface area contributed by atoms with Crippen LogP contribution in [0.15, 0.2) is 29.4 Å². The summed E-state index contributed by atoms with van der Waals surface area (Å²) in [5.41, 5.74) is -3.39. The highest BCUT2D eigenvalue weighted by Crippen LogP contribution is 2.51. The number of hydrogen-bond acceptors (Lipinski definition) is 7. The molecule has 1 aromatic rings. The summed E-state index contributed by atoms with van der Waals surface area (Å²) < 4.78 is 26.1. The van der Waals surface area contributed by atoms with Crippen LogP contribution in [0.1, 0.15) is 5.56 Å². The van der Waals surface area contributed by atoms with E-state index in [9.17, 15) is 24.2 Å². The number of nitro benzene ring substituents is 1. The maximum absolute atomic E-state index is 11.2. The zero-order valence-electron chi connectivity index (χ0n) is 9.05. The summed E-state index contributed by atoms with van der Waals surface area (Å²) in [4.78, 5) is 38.2. The Morgan fingerprint density at radius 3 is 2.11 bits per heavy atom. The van der Waals surface area contributed by atoms with Gasteiger partial charge in [0.05, 0.1) is 4.92 Å².